The van der Waals surface area contributed by atoms with Crippen LogP contribution in [0, 0.1) is 69.8 Å². The molecule has 73 heavy (non-hydrogen) atoms. The molecule has 0 radical (unpaired) electrons. The van der Waals surface area contributed by atoms with Crippen LogP contribution in [-0.4, -0.2) is 39.2 Å². The van der Waals surface area contributed by atoms with E-state index in [9.17, 15) is 71.9 Å². The standard InChI is InChI=1S/C49H23F12NO11/c1-67-28-9-17(4-5-26(28)70-46(63)20-10-23(50)38(56)41(59)35(20)53)33-34-19-14-30(69-3)32(73-48(65)22-12-25(52)40(58)43(61)37(22)55)15-27(19)71-49(66)45(34)62-7-6-16-8-31(29(68-2)13-18(16)44(33)62)72-47(64)21-11-24(51)39(57)42(60)36(21)54/h4-15,33,44H,1-3H3. The summed E-state index contributed by atoms with van der Waals surface area (Å²) in [5.74, 6) is -34.4. The number of esters is 3. The average molecular weight is 1030 g/mol. The molecule has 0 fully saturated rings. The second-order valence-electron chi connectivity index (χ2n) is 15.6. The van der Waals surface area contributed by atoms with Crippen molar-refractivity contribution < 1.29 is 99.9 Å². The van der Waals surface area contributed by atoms with E-state index in [4.69, 9.17) is 32.8 Å². The Morgan fingerprint density at radius 1 is 0.507 bits per heavy atom. The van der Waals surface area contributed by atoms with Crippen molar-refractivity contribution in [1.29, 1.82) is 0 Å². The molecule has 3 heterocycles. The van der Waals surface area contributed by atoms with Crippen molar-refractivity contribution in [2.24, 2.45) is 0 Å². The normalized spacial score (nSPS) is 14.4. The molecule has 12 nitrogen and oxygen atoms in total. The van der Waals surface area contributed by atoms with Gasteiger partial charge in [-0.1, -0.05) is 6.07 Å². The minimum absolute atomic E-state index is 0.00858. The predicted molar refractivity (Wildman–Crippen MR) is 225 cm³/mol. The maximum atomic E-state index is 14.7. The van der Waals surface area contributed by atoms with E-state index in [0.717, 1.165) is 33.5 Å². The topological polar surface area (TPSA) is 140 Å². The van der Waals surface area contributed by atoms with Crippen LogP contribution in [0.25, 0.3) is 17.0 Å². The zero-order valence-corrected chi connectivity index (χ0v) is 36.6. The molecule has 0 spiro atoms. The van der Waals surface area contributed by atoms with Crippen molar-refractivity contribution in [3.05, 3.63) is 186 Å². The molecule has 0 saturated carbocycles. The van der Waals surface area contributed by atoms with Crippen molar-refractivity contribution >= 4 is 40.6 Å². The summed E-state index contributed by atoms with van der Waals surface area (Å²) in [5.41, 5.74) is -5.03. The van der Waals surface area contributed by atoms with E-state index in [0.29, 0.717) is 0 Å². The van der Waals surface area contributed by atoms with Crippen LogP contribution in [0.4, 0.5) is 58.4 Å². The lowest BCUT2D eigenvalue weighted by molar-refractivity contribution is 0.0713. The molecule has 1 aromatic heterocycles. The first kappa shape index (κ1) is 49.0. The molecule has 2 aliphatic heterocycles. The van der Waals surface area contributed by atoms with Crippen LogP contribution in [0.15, 0.2) is 76.1 Å². The fourth-order valence-corrected chi connectivity index (χ4v) is 8.31. The first-order chi connectivity index (χ1) is 34.7. The van der Waals surface area contributed by atoms with Gasteiger partial charge in [0.05, 0.1) is 27.4 Å². The number of methoxy groups -OCH3 is 3. The summed E-state index contributed by atoms with van der Waals surface area (Å²) in [4.78, 5) is 55.0. The van der Waals surface area contributed by atoms with Crippen molar-refractivity contribution in [3.8, 4) is 34.5 Å². The molecule has 7 aromatic rings. The Balaban J connectivity index is 1.19. The molecule has 2 unspecified atom stereocenters. The Morgan fingerprint density at radius 2 is 0.959 bits per heavy atom. The maximum absolute atomic E-state index is 14.7. The number of halogens is 12. The number of nitrogens with zero attached hydrogens (tertiary/aromatic N) is 1. The molecule has 0 N–H and O–H groups in total. The van der Waals surface area contributed by atoms with Crippen LogP contribution in [0.3, 0.4) is 0 Å². The highest BCUT2D eigenvalue weighted by atomic mass is 19.2. The Bertz CT molecular complexity index is 3680. The second-order valence-corrected chi connectivity index (χ2v) is 15.6. The van der Waals surface area contributed by atoms with Gasteiger partial charge in [-0.25, -0.2) is 71.9 Å². The quantitative estimate of drug-likeness (QED) is 0.0322. The minimum Gasteiger partial charge on any atom is -0.493 e. The molecule has 2 atom stereocenters. The van der Waals surface area contributed by atoms with Crippen LogP contribution >= 0.6 is 0 Å². The van der Waals surface area contributed by atoms with E-state index < -0.39 is 139 Å². The van der Waals surface area contributed by atoms with E-state index in [1.54, 1.807) is 0 Å². The van der Waals surface area contributed by atoms with Crippen molar-refractivity contribution in [2.75, 3.05) is 26.2 Å². The number of rotatable bonds is 10. The SMILES string of the molecule is COc1cc(C2c3c(c(=O)oc4cc(OC(=O)c5cc(F)c(F)c(F)c5F)c(OC)cc34)N3C=Cc4cc(OC(=O)c5cc(F)c(F)c(F)c5F)c(OC)cc4C23)ccc1OC(=O)c1cc(F)c(F)c(F)c1F. The van der Waals surface area contributed by atoms with E-state index in [2.05, 4.69) is 0 Å². The summed E-state index contributed by atoms with van der Waals surface area (Å²) < 4.78 is 208. The maximum Gasteiger partial charge on any atom is 0.360 e. The summed E-state index contributed by atoms with van der Waals surface area (Å²) in [6.07, 6.45) is 2.76. The largest absolute Gasteiger partial charge is 0.493 e. The third kappa shape index (κ3) is 8.03. The van der Waals surface area contributed by atoms with Gasteiger partial charge in [0.15, 0.2) is 104 Å². The molecule has 24 heteroatoms. The highest BCUT2D eigenvalue weighted by Gasteiger charge is 2.46. The second kappa shape index (κ2) is 18.3. The first-order valence-electron chi connectivity index (χ1n) is 20.4. The molecule has 9 rings (SSSR count). The number of benzene rings is 6. The van der Waals surface area contributed by atoms with E-state index in [1.165, 1.54) is 47.5 Å². The Morgan fingerprint density at radius 3 is 1.45 bits per heavy atom. The lowest BCUT2D eigenvalue weighted by atomic mass is 9.81. The zero-order valence-electron chi connectivity index (χ0n) is 36.6. The predicted octanol–water partition coefficient (Wildman–Crippen LogP) is 10.8. The van der Waals surface area contributed by atoms with E-state index >= 15 is 0 Å². The van der Waals surface area contributed by atoms with Crippen molar-refractivity contribution in [2.45, 2.75) is 12.0 Å². The van der Waals surface area contributed by atoms with Crippen molar-refractivity contribution in [3.63, 3.8) is 0 Å². The Kier molecular flexibility index (Phi) is 12.3. The Labute approximate surface area is 398 Å². The molecular formula is C49H23F12NO11. The van der Waals surface area contributed by atoms with Crippen molar-refractivity contribution in [1.82, 2.24) is 0 Å². The van der Waals surface area contributed by atoms with Gasteiger partial charge in [-0.05, 0) is 71.3 Å². The lowest BCUT2D eigenvalue weighted by Crippen LogP contribution is -2.27. The highest BCUT2D eigenvalue weighted by molar-refractivity contribution is 5.96. The van der Waals surface area contributed by atoms with Gasteiger partial charge in [-0.15, -0.1) is 0 Å². The van der Waals surface area contributed by atoms with Gasteiger partial charge in [-0.3, -0.25) is 0 Å². The Hall–Kier alpha value is -8.96. The molecular weight excluding hydrogens is 1010 g/mol. The number of carbonyl (C=O) groups is 3. The molecule has 0 bridgehead atoms. The monoisotopic (exact) mass is 1030 g/mol. The molecule has 6 aromatic carbocycles. The fourth-order valence-electron chi connectivity index (χ4n) is 8.31. The highest BCUT2D eigenvalue weighted by Crippen LogP contribution is 2.57. The summed E-state index contributed by atoms with van der Waals surface area (Å²) >= 11 is 0. The third-order valence-electron chi connectivity index (χ3n) is 11.6. The molecule has 0 amide bonds. The molecule has 0 saturated heterocycles. The summed E-state index contributed by atoms with van der Waals surface area (Å²) in [5, 5.41) is 0.00858. The molecule has 374 valence electrons. The van der Waals surface area contributed by atoms with Gasteiger partial charge in [-0.2, -0.15) is 0 Å². The zero-order chi connectivity index (χ0) is 52.6. The van der Waals surface area contributed by atoms with Crippen LogP contribution in [-0.2, 0) is 0 Å². The van der Waals surface area contributed by atoms with E-state index in [-0.39, 0.29) is 74.4 Å². The third-order valence-corrected chi connectivity index (χ3v) is 11.6. The first-order valence-corrected chi connectivity index (χ1v) is 20.4. The summed E-state index contributed by atoms with van der Waals surface area (Å²) in [6.45, 7) is 0. The number of carbonyl (C=O) groups excluding carboxylic acids is 3. The van der Waals surface area contributed by atoms with Crippen LogP contribution in [0.2, 0.25) is 0 Å². The summed E-state index contributed by atoms with van der Waals surface area (Å²) in [6, 6.07) is 7.29. The summed E-state index contributed by atoms with van der Waals surface area (Å²) in [7, 11) is 3.28. The molecule has 0 aliphatic carbocycles. The van der Waals surface area contributed by atoms with Gasteiger partial charge in [0, 0.05) is 29.1 Å². The van der Waals surface area contributed by atoms with Gasteiger partial charge < -0.3 is 37.7 Å². The minimum atomic E-state index is -2.32. The van der Waals surface area contributed by atoms with Gasteiger partial charge in [0.2, 0.25) is 0 Å². The van der Waals surface area contributed by atoms with Gasteiger partial charge in [0.25, 0.3) is 0 Å². The fraction of sp³-hybridized carbons (Fsp3) is 0.102. The average Bonchev–Trinajstić information content (AvgIpc) is 3.73. The van der Waals surface area contributed by atoms with E-state index in [1.807, 2.05) is 0 Å². The van der Waals surface area contributed by atoms with Crippen LogP contribution in [0.5, 0.6) is 34.5 Å². The number of ether oxygens (including phenoxy) is 6. The smallest absolute Gasteiger partial charge is 0.360 e. The number of hydrogen-bond acceptors (Lipinski definition) is 12. The number of anilines is 1. The molecule has 2 aliphatic rings. The lowest BCUT2D eigenvalue weighted by Gasteiger charge is -2.33. The van der Waals surface area contributed by atoms with Crippen LogP contribution < -0.4 is 38.9 Å². The van der Waals surface area contributed by atoms with Gasteiger partial charge >= 0.3 is 23.5 Å². The van der Waals surface area contributed by atoms with Crippen LogP contribution in [0.1, 0.15) is 65.3 Å². The number of fused-ring (bicyclic) bond motifs is 7. The van der Waals surface area contributed by atoms with Gasteiger partial charge in [0.1, 0.15) is 28.0 Å². The number of hydrogen-bond donors (Lipinski definition) is 0.